The molecule has 10 heteroatoms. The van der Waals surface area contributed by atoms with E-state index in [2.05, 4.69) is 10.6 Å². The number of benzene rings is 2. The number of alkyl halides is 2. The highest BCUT2D eigenvalue weighted by Gasteiger charge is 2.39. The van der Waals surface area contributed by atoms with Crippen LogP contribution in [0.2, 0.25) is 0 Å². The number of anilines is 2. The average molecular weight is 516 g/mol. The predicted octanol–water partition coefficient (Wildman–Crippen LogP) is 5.05. The smallest absolute Gasteiger partial charge is 0.412 e. The molecule has 1 aliphatic rings. The third-order valence-electron chi connectivity index (χ3n) is 5.72. The van der Waals surface area contributed by atoms with Gasteiger partial charge in [-0.25, -0.2) is 13.6 Å². The first-order valence-electron chi connectivity index (χ1n) is 11.8. The number of carboxylic acids is 1. The molecule has 0 spiro atoms. The van der Waals surface area contributed by atoms with Crippen LogP contribution in [0.25, 0.3) is 6.08 Å². The second kappa shape index (κ2) is 12.0. The Morgan fingerprint density at radius 3 is 2.24 bits per heavy atom. The largest absolute Gasteiger partial charge is 0.481 e. The lowest BCUT2D eigenvalue weighted by atomic mass is 9.88. The molecule has 0 saturated carbocycles. The number of aliphatic carboxylic acids is 1. The summed E-state index contributed by atoms with van der Waals surface area (Å²) in [6.07, 6.45) is -0.240. The van der Waals surface area contributed by atoms with E-state index in [1.54, 1.807) is 75.4 Å². The van der Waals surface area contributed by atoms with E-state index in [1.165, 1.54) is 11.0 Å². The molecule has 2 aromatic rings. The van der Waals surface area contributed by atoms with Crippen LogP contribution in [0, 0.1) is 5.92 Å². The Kier molecular flexibility index (Phi) is 8.99. The van der Waals surface area contributed by atoms with E-state index in [9.17, 15) is 28.3 Å². The van der Waals surface area contributed by atoms with Crippen molar-refractivity contribution in [1.82, 2.24) is 4.90 Å². The Balaban J connectivity index is 1.63. The first-order valence-corrected chi connectivity index (χ1v) is 11.8. The number of hydrogen-bond acceptors (Lipinski definition) is 5. The van der Waals surface area contributed by atoms with Crippen LogP contribution in [-0.2, 0) is 14.3 Å². The summed E-state index contributed by atoms with van der Waals surface area (Å²) in [7, 11) is 0. The van der Waals surface area contributed by atoms with Crippen LogP contribution in [0.3, 0.4) is 0 Å². The van der Waals surface area contributed by atoms with Gasteiger partial charge in [-0.1, -0.05) is 36.4 Å². The fourth-order valence-electron chi connectivity index (χ4n) is 4.13. The summed E-state index contributed by atoms with van der Waals surface area (Å²) < 4.78 is 30.8. The van der Waals surface area contributed by atoms with Crippen molar-refractivity contribution < 1.29 is 33.0 Å². The quantitative estimate of drug-likeness (QED) is 0.425. The predicted molar refractivity (Wildman–Crippen MR) is 137 cm³/mol. The van der Waals surface area contributed by atoms with Crippen LogP contribution in [0.1, 0.15) is 37.8 Å². The molecule has 1 fully saturated rings. The highest BCUT2D eigenvalue weighted by atomic mass is 19.3. The fraction of sp³-hybridized carbons (Fsp3) is 0.370. The molecular weight excluding hydrogens is 484 g/mol. The van der Waals surface area contributed by atoms with Crippen LogP contribution in [0.5, 0.6) is 0 Å². The van der Waals surface area contributed by atoms with Crippen LogP contribution in [0.4, 0.5) is 25.0 Å². The van der Waals surface area contributed by atoms with E-state index < -0.39 is 48.4 Å². The van der Waals surface area contributed by atoms with Gasteiger partial charge < -0.3 is 15.2 Å². The second-order valence-corrected chi connectivity index (χ2v) is 9.82. The van der Waals surface area contributed by atoms with Gasteiger partial charge in [0, 0.05) is 25.1 Å². The van der Waals surface area contributed by atoms with Gasteiger partial charge >= 0.3 is 12.1 Å². The van der Waals surface area contributed by atoms with Crippen LogP contribution >= 0.6 is 0 Å². The normalized spacial score (nSPS) is 18.2. The molecule has 3 rings (SSSR count). The lowest BCUT2D eigenvalue weighted by molar-refractivity contribution is -0.141. The summed E-state index contributed by atoms with van der Waals surface area (Å²) in [5.41, 5.74) is 1.56. The maximum Gasteiger partial charge on any atom is 0.412 e. The maximum atomic E-state index is 12.8. The van der Waals surface area contributed by atoms with Crippen LogP contribution in [-0.4, -0.2) is 59.6 Å². The molecule has 1 saturated heterocycles. The lowest BCUT2D eigenvalue weighted by Crippen LogP contribution is -2.27. The summed E-state index contributed by atoms with van der Waals surface area (Å²) in [6.45, 7) is 5.12. The molecule has 2 aromatic carbocycles. The summed E-state index contributed by atoms with van der Waals surface area (Å²) in [6, 6.07) is 13.7. The molecule has 3 N–H and O–H groups in total. The lowest BCUT2D eigenvalue weighted by Gasteiger charge is -2.20. The fourth-order valence-corrected chi connectivity index (χ4v) is 4.13. The number of likely N-dealkylation sites (tertiary alicyclic amines) is 1. The van der Waals surface area contributed by atoms with Gasteiger partial charge in [0.2, 0.25) is 5.91 Å². The number of hydrogen-bond donors (Lipinski definition) is 3. The summed E-state index contributed by atoms with van der Waals surface area (Å²) in [5, 5.41) is 14.9. The molecule has 1 heterocycles. The van der Waals surface area contributed by atoms with E-state index in [0.717, 1.165) is 5.56 Å². The minimum Gasteiger partial charge on any atom is -0.481 e. The Morgan fingerprint density at radius 1 is 1.05 bits per heavy atom. The first kappa shape index (κ1) is 27.8. The zero-order chi connectivity index (χ0) is 27.2. The molecule has 0 radical (unpaired) electrons. The third-order valence-corrected chi connectivity index (χ3v) is 5.72. The van der Waals surface area contributed by atoms with Crippen molar-refractivity contribution in [2.45, 2.75) is 38.7 Å². The molecule has 2 atom stereocenters. The van der Waals surface area contributed by atoms with Gasteiger partial charge in [0.25, 0.3) is 6.43 Å². The molecule has 0 aliphatic carbocycles. The first-order chi connectivity index (χ1) is 17.4. The van der Waals surface area contributed by atoms with Crippen molar-refractivity contribution in [1.29, 1.82) is 0 Å². The third kappa shape index (κ3) is 8.38. The van der Waals surface area contributed by atoms with Gasteiger partial charge in [0.05, 0.1) is 23.8 Å². The Bertz CT molecular complexity index is 1150. The van der Waals surface area contributed by atoms with E-state index in [1.807, 2.05) is 0 Å². The number of amides is 2. The van der Waals surface area contributed by atoms with Crippen molar-refractivity contribution in [3.05, 3.63) is 65.7 Å². The molecule has 8 nitrogen and oxygen atoms in total. The number of para-hydroxylation sites is 2. The number of nitrogens with one attached hydrogen (secondary N) is 2. The van der Waals surface area contributed by atoms with Crippen LogP contribution in [0.15, 0.2) is 54.6 Å². The molecule has 1 aliphatic heterocycles. The van der Waals surface area contributed by atoms with E-state index in [-0.39, 0.29) is 13.1 Å². The minimum absolute atomic E-state index is 0.0798. The number of carbonyl (C=O) groups is 3. The molecular formula is C27H31F2N3O5. The highest BCUT2D eigenvalue weighted by molar-refractivity contribution is 6.05. The molecule has 2 unspecified atom stereocenters. The van der Waals surface area contributed by atoms with Gasteiger partial charge in [-0.05, 0) is 50.1 Å². The van der Waals surface area contributed by atoms with Crippen molar-refractivity contribution in [2.75, 3.05) is 30.3 Å². The van der Waals surface area contributed by atoms with Crippen molar-refractivity contribution >= 4 is 35.4 Å². The van der Waals surface area contributed by atoms with Crippen molar-refractivity contribution in [3.63, 3.8) is 0 Å². The number of carbonyl (C=O) groups excluding carboxylic acids is 2. The number of rotatable bonds is 8. The van der Waals surface area contributed by atoms with E-state index in [0.29, 0.717) is 16.9 Å². The summed E-state index contributed by atoms with van der Waals surface area (Å²) >= 11 is 0. The van der Waals surface area contributed by atoms with Gasteiger partial charge in [-0.2, -0.15) is 0 Å². The van der Waals surface area contributed by atoms with Crippen molar-refractivity contribution in [2.24, 2.45) is 5.92 Å². The Morgan fingerprint density at radius 2 is 1.68 bits per heavy atom. The van der Waals surface area contributed by atoms with Crippen LogP contribution < -0.4 is 10.6 Å². The summed E-state index contributed by atoms with van der Waals surface area (Å²) in [4.78, 5) is 37.7. The number of carboxylic acid groups (broad SMARTS) is 1. The topological polar surface area (TPSA) is 108 Å². The number of nitrogens with zero attached hydrogens (tertiary/aromatic N) is 1. The number of ether oxygens (including phenoxy) is 1. The van der Waals surface area contributed by atoms with Crippen molar-refractivity contribution in [3.8, 4) is 0 Å². The zero-order valence-corrected chi connectivity index (χ0v) is 20.9. The SMILES string of the molecule is CC(C)(C)OC(=O)Nc1ccccc1NC(=O)/C=C/c1ccc(C2CN(CC(F)F)CC2C(=O)O)cc1. The Hall–Kier alpha value is -3.79. The Labute approximate surface area is 214 Å². The van der Waals surface area contributed by atoms with Gasteiger partial charge in [-0.3, -0.25) is 19.8 Å². The molecule has 0 bridgehead atoms. The highest BCUT2D eigenvalue weighted by Crippen LogP contribution is 2.33. The standard InChI is InChI=1S/C27H31F2N3O5/c1-27(2,3)37-26(36)31-22-7-5-4-6-21(22)30-24(33)13-10-17-8-11-18(12-9-17)19-14-32(16-23(28)29)15-20(19)25(34)35/h4-13,19-20,23H,14-16H2,1-3H3,(H,30,33)(H,31,36)(H,34,35)/b13-10+. The van der Waals surface area contributed by atoms with E-state index >= 15 is 0 Å². The van der Waals surface area contributed by atoms with Gasteiger partial charge in [-0.15, -0.1) is 0 Å². The monoisotopic (exact) mass is 515 g/mol. The minimum atomic E-state index is -2.52. The summed E-state index contributed by atoms with van der Waals surface area (Å²) in [5.74, 6) is -2.59. The molecule has 0 aromatic heterocycles. The van der Waals surface area contributed by atoms with E-state index in [4.69, 9.17) is 4.74 Å². The zero-order valence-electron chi connectivity index (χ0n) is 20.9. The van der Waals surface area contributed by atoms with Gasteiger partial charge in [0.15, 0.2) is 0 Å². The average Bonchev–Trinajstić information content (AvgIpc) is 3.21. The molecule has 37 heavy (non-hydrogen) atoms. The molecule has 198 valence electrons. The molecule has 2 amide bonds. The number of halogens is 2. The second-order valence-electron chi connectivity index (χ2n) is 9.82. The maximum absolute atomic E-state index is 12.8. The van der Waals surface area contributed by atoms with Gasteiger partial charge in [0.1, 0.15) is 5.60 Å².